The highest BCUT2D eigenvalue weighted by molar-refractivity contribution is 5.92. The van der Waals surface area contributed by atoms with E-state index in [1.807, 2.05) is 42.5 Å². The summed E-state index contributed by atoms with van der Waals surface area (Å²) >= 11 is 0. The standard InChI is InChI=1S/C21H18N2O2/c22-21(24)19-7-9-20(10-8-19)25-15-18-5-3-16(4-6-18)1-2-17-11-13-23-14-12-17/h1-14H,15H2,(H2,22,24)/b2-1+. The molecule has 0 aliphatic rings. The van der Waals surface area contributed by atoms with Gasteiger partial charge in [-0.3, -0.25) is 9.78 Å². The predicted octanol–water partition coefficient (Wildman–Crippen LogP) is 3.93. The summed E-state index contributed by atoms with van der Waals surface area (Å²) in [5.41, 5.74) is 8.99. The van der Waals surface area contributed by atoms with E-state index in [2.05, 4.69) is 11.1 Å². The van der Waals surface area contributed by atoms with Crippen LogP contribution in [0.5, 0.6) is 5.75 Å². The van der Waals surface area contributed by atoms with Crippen molar-refractivity contribution < 1.29 is 9.53 Å². The molecule has 0 fully saturated rings. The summed E-state index contributed by atoms with van der Waals surface area (Å²) in [6.07, 6.45) is 7.65. The van der Waals surface area contributed by atoms with Crippen molar-refractivity contribution >= 4 is 18.1 Å². The number of nitrogens with two attached hydrogens (primary N) is 1. The van der Waals surface area contributed by atoms with Crippen molar-refractivity contribution in [2.24, 2.45) is 5.73 Å². The minimum Gasteiger partial charge on any atom is -0.489 e. The van der Waals surface area contributed by atoms with Crippen molar-refractivity contribution in [1.82, 2.24) is 4.98 Å². The smallest absolute Gasteiger partial charge is 0.248 e. The van der Waals surface area contributed by atoms with Crippen molar-refractivity contribution in [3.63, 3.8) is 0 Å². The van der Waals surface area contributed by atoms with Crippen LogP contribution in [0.3, 0.4) is 0 Å². The number of amides is 1. The zero-order valence-electron chi connectivity index (χ0n) is 13.6. The Morgan fingerprint density at radius 1 is 0.880 bits per heavy atom. The summed E-state index contributed by atoms with van der Waals surface area (Å²) in [6, 6.07) is 18.9. The highest BCUT2D eigenvalue weighted by Crippen LogP contribution is 2.15. The molecule has 4 heteroatoms. The van der Waals surface area contributed by atoms with Gasteiger partial charge < -0.3 is 10.5 Å². The predicted molar refractivity (Wildman–Crippen MR) is 98.9 cm³/mol. The maximum atomic E-state index is 11.0. The SMILES string of the molecule is NC(=O)c1ccc(OCc2ccc(/C=C/c3ccncc3)cc2)cc1. The number of carbonyl (C=O) groups excluding carboxylic acids is 1. The van der Waals surface area contributed by atoms with E-state index in [1.165, 1.54) is 0 Å². The Balaban J connectivity index is 1.57. The molecule has 0 unspecified atom stereocenters. The quantitative estimate of drug-likeness (QED) is 0.745. The Bertz CT molecular complexity index is 855. The molecule has 0 aliphatic carbocycles. The summed E-state index contributed by atoms with van der Waals surface area (Å²) in [4.78, 5) is 15.0. The Morgan fingerprint density at radius 2 is 1.48 bits per heavy atom. The minimum absolute atomic E-state index is 0.443. The number of aromatic nitrogens is 1. The molecule has 25 heavy (non-hydrogen) atoms. The molecule has 4 nitrogen and oxygen atoms in total. The lowest BCUT2D eigenvalue weighted by Gasteiger charge is -2.07. The summed E-state index contributed by atoms with van der Waals surface area (Å²) in [6.45, 7) is 0.463. The van der Waals surface area contributed by atoms with E-state index in [4.69, 9.17) is 10.5 Å². The molecule has 0 radical (unpaired) electrons. The Hall–Kier alpha value is -3.40. The molecule has 1 heterocycles. The van der Waals surface area contributed by atoms with Crippen molar-refractivity contribution in [3.05, 3.63) is 95.3 Å². The number of ether oxygens (including phenoxy) is 1. The first-order valence-electron chi connectivity index (χ1n) is 7.90. The maximum Gasteiger partial charge on any atom is 0.248 e. The average molecular weight is 330 g/mol. The van der Waals surface area contributed by atoms with Gasteiger partial charge >= 0.3 is 0 Å². The zero-order chi connectivity index (χ0) is 17.5. The molecule has 0 aliphatic heterocycles. The number of pyridine rings is 1. The van der Waals surface area contributed by atoms with Crippen molar-refractivity contribution in [3.8, 4) is 5.75 Å². The fourth-order valence-corrected chi connectivity index (χ4v) is 2.27. The fourth-order valence-electron chi connectivity index (χ4n) is 2.27. The van der Waals surface area contributed by atoms with Crippen LogP contribution < -0.4 is 10.5 Å². The van der Waals surface area contributed by atoms with Crippen molar-refractivity contribution in [2.75, 3.05) is 0 Å². The molecule has 124 valence electrons. The van der Waals surface area contributed by atoms with Crippen LogP contribution in [-0.4, -0.2) is 10.9 Å². The number of hydrogen-bond acceptors (Lipinski definition) is 3. The Kier molecular flexibility index (Phi) is 5.22. The summed E-state index contributed by atoms with van der Waals surface area (Å²) < 4.78 is 5.72. The second-order valence-electron chi connectivity index (χ2n) is 5.53. The fraction of sp³-hybridized carbons (Fsp3) is 0.0476. The van der Waals surface area contributed by atoms with Gasteiger partial charge in [-0.25, -0.2) is 0 Å². The van der Waals surface area contributed by atoms with Gasteiger partial charge in [-0.15, -0.1) is 0 Å². The second-order valence-corrected chi connectivity index (χ2v) is 5.53. The lowest BCUT2D eigenvalue weighted by molar-refractivity contribution is 0.1000. The Morgan fingerprint density at radius 3 is 2.08 bits per heavy atom. The van der Waals surface area contributed by atoms with E-state index in [9.17, 15) is 4.79 Å². The normalized spacial score (nSPS) is 10.7. The second kappa shape index (κ2) is 7.93. The monoisotopic (exact) mass is 330 g/mol. The molecule has 0 spiro atoms. The van der Waals surface area contributed by atoms with Gasteiger partial charge in [0, 0.05) is 18.0 Å². The number of nitrogens with zero attached hydrogens (tertiary/aromatic N) is 1. The summed E-state index contributed by atoms with van der Waals surface area (Å²) in [5, 5.41) is 0. The molecule has 2 aromatic carbocycles. The Labute approximate surface area is 146 Å². The van der Waals surface area contributed by atoms with E-state index < -0.39 is 5.91 Å². The third kappa shape index (κ3) is 4.78. The minimum atomic E-state index is -0.443. The molecule has 3 rings (SSSR count). The lowest BCUT2D eigenvalue weighted by atomic mass is 10.1. The van der Waals surface area contributed by atoms with Gasteiger partial charge in [0.15, 0.2) is 0 Å². The molecule has 3 aromatic rings. The first-order chi connectivity index (χ1) is 12.2. The van der Waals surface area contributed by atoms with Crippen LogP contribution in [0.25, 0.3) is 12.2 Å². The van der Waals surface area contributed by atoms with Crippen LogP contribution in [0, 0.1) is 0 Å². The molecule has 1 amide bonds. The lowest BCUT2D eigenvalue weighted by Crippen LogP contribution is -2.10. The van der Waals surface area contributed by atoms with E-state index in [0.717, 1.165) is 16.7 Å². The van der Waals surface area contributed by atoms with Crippen LogP contribution in [0.4, 0.5) is 0 Å². The number of primary amides is 1. The molecule has 0 bridgehead atoms. The molecule has 1 aromatic heterocycles. The van der Waals surface area contributed by atoms with Gasteiger partial charge in [-0.1, -0.05) is 36.4 Å². The van der Waals surface area contributed by atoms with E-state index >= 15 is 0 Å². The van der Waals surface area contributed by atoms with Gasteiger partial charge in [-0.05, 0) is 53.1 Å². The molecule has 2 N–H and O–H groups in total. The number of benzene rings is 2. The third-order valence-electron chi connectivity index (χ3n) is 3.70. The van der Waals surface area contributed by atoms with Gasteiger partial charge in [-0.2, -0.15) is 0 Å². The van der Waals surface area contributed by atoms with Gasteiger partial charge in [0.25, 0.3) is 0 Å². The summed E-state index contributed by atoms with van der Waals surface area (Å²) in [7, 11) is 0. The van der Waals surface area contributed by atoms with Gasteiger partial charge in [0.05, 0.1) is 0 Å². The van der Waals surface area contributed by atoms with Crippen molar-refractivity contribution in [1.29, 1.82) is 0 Å². The van der Waals surface area contributed by atoms with Crippen LogP contribution in [0.1, 0.15) is 27.0 Å². The molecule has 0 atom stereocenters. The van der Waals surface area contributed by atoms with E-state index in [0.29, 0.717) is 17.9 Å². The van der Waals surface area contributed by atoms with Gasteiger partial charge in [0.1, 0.15) is 12.4 Å². The number of carbonyl (C=O) groups is 1. The molecular weight excluding hydrogens is 312 g/mol. The van der Waals surface area contributed by atoms with Gasteiger partial charge in [0.2, 0.25) is 5.91 Å². The average Bonchev–Trinajstić information content (AvgIpc) is 2.67. The van der Waals surface area contributed by atoms with E-state index in [-0.39, 0.29) is 0 Å². The first-order valence-corrected chi connectivity index (χ1v) is 7.90. The third-order valence-corrected chi connectivity index (χ3v) is 3.70. The first kappa shape index (κ1) is 16.5. The van der Waals surface area contributed by atoms with Crippen molar-refractivity contribution in [2.45, 2.75) is 6.61 Å². The highest BCUT2D eigenvalue weighted by atomic mass is 16.5. The van der Waals surface area contributed by atoms with Crippen LogP contribution in [0.15, 0.2) is 73.1 Å². The maximum absolute atomic E-state index is 11.0. The van der Waals surface area contributed by atoms with Crippen LogP contribution in [-0.2, 0) is 6.61 Å². The largest absolute Gasteiger partial charge is 0.489 e. The van der Waals surface area contributed by atoms with E-state index in [1.54, 1.807) is 36.7 Å². The highest BCUT2D eigenvalue weighted by Gasteiger charge is 2.01. The molecule has 0 saturated carbocycles. The molecular formula is C21H18N2O2. The summed E-state index contributed by atoms with van der Waals surface area (Å²) in [5.74, 6) is 0.258. The van der Waals surface area contributed by atoms with Crippen LogP contribution in [0.2, 0.25) is 0 Å². The molecule has 0 saturated heterocycles. The zero-order valence-corrected chi connectivity index (χ0v) is 13.6. The number of hydrogen-bond donors (Lipinski definition) is 1. The number of rotatable bonds is 6. The van der Waals surface area contributed by atoms with Crippen LogP contribution >= 0.6 is 0 Å². The topological polar surface area (TPSA) is 65.2 Å².